The predicted octanol–water partition coefficient (Wildman–Crippen LogP) is 2.47. The Hall–Kier alpha value is -2.21. The number of carbonyl (C=O) groups is 2. The van der Waals surface area contributed by atoms with E-state index in [1.165, 1.54) is 6.92 Å². The highest BCUT2D eigenvalue weighted by Crippen LogP contribution is 2.34. The summed E-state index contributed by atoms with van der Waals surface area (Å²) < 4.78 is 48.6. The third-order valence-electron chi connectivity index (χ3n) is 4.26. The molecule has 0 atom stereocenters. The average Bonchev–Trinajstić information content (AvgIpc) is 2.72. The normalized spacial score (nSPS) is 11.4. The van der Waals surface area contributed by atoms with Crippen molar-refractivity contribution in [2.45, 2.75) is 39.5 Å². The van der Waals surface area contributed by atoms with Crippen molar-refractivity contribution in [1.82, 2.24) is 0 Å². The van der Waals surface area contributed by atoms with Gasteiger partial charge in [0, 0.05) is 12.0 Å². The monoisotopic (exact) mass is 490 g/mol. The molecule has 0 aliphatic carbocycles. The van der Waals surface area contributed by atoms with Crippen molar-refractivity contribution in [2.24, 2.45) is 0 Å². The Kier molecular flexibility index (Phi) is 13.6. The second-order valence-electron chi connectivity index (χ2n) is 7.17. The molecular weight excluding hydrogens is 456 g/mol. The van der Waals surface area contributed by atoms with Crippen LogP contribution in [-0.4, -0.2) is 77.8 Å². The number of Topliss-reactive ketones (excluding diaryl/α,β-unsaturated/α-hetero) is 1. The number of ketones is 1. The molecule has 0 amide bonds. The van der Waals surface area contributed by atoms with Gasteiger partial charge in [-0.1, -0.05) is 13.3 Å². The van der Waals surface area contributed by atoms with Crippen molar-refractivity contribution in [3.05, 3.63) is 23.3 Å². The summed E-state index contributed by atoms with van der Waals surface area (Å²) in [7, 11) is -3.47. The largest absolute Gasteiger partial charge is 0.493 e. The molecule has 11 heteroatoms. The lowest BCUT2D eigenvalue weighted by Crippen LogP contribution is -2.15. The summed E-state index contributed by atoms with van der Waals surface area (Å²) >= 11 is 0. The lowest BCUT2D eigenvalue weighted by Gasteiger charge is -2.18. The van der Waals surface area contributed by atoms with Crippen LogP contribution < -0.4 is 9.47 Å². The summed E-state index contributed by atoms with van der Waals surface area (Å²) in [5.41, 5.74) is 1.22. The number of rotatable bonds is 19. The van der Waals surface area contributed by atoms with Crippen LogP contribution in [0.1, 0.15) is 49.0 Å². The standard InChI is InChI=1S/C22H34O10S/c1-4-6-19-20(30-10-5-7-21(24)25)9-8-18(17(2)23)22(19)31-15-13-28-11-12-29-14-16-32-33(3,26)27/h8-9H,4-7,10-16H2,1-3H3,(H,24,25). The fourth-order valence-electron chi connectivity index (χ4n) is 2.85. The molecule has 1 N–H and O–H groups in total. The van der Waals surface area contributed by atoms with Crippen LogP contribution in [0.15, 0.2) is 12.1 Å². The smallest absolute Gasteiger partial charge is 0.303 e. The van der Waals surface area contributed by atoms with Crippen molar-refractivity contribution < 1.29 is 46.2 Å². The number of hydrogen-bond acceptors (Lipinski definition) is 9. The highest BCUT2D eigenvalue weighted by Gasteiger charge is 2.18. The molecule has 0 spiro atoms. The summed E-state index contributed by atoms with van der Waals surface area (Å²) in [6, 6.07) is 3.37. The fourth-order valence-corrected chi connectivity index (χ4v) is 3.22. The minimum atomic E-state index is -3.47. The van der Waals surface area contributed by atoms with Gasteiger partial charge in [0.25, 0.3) is 10.1 Å². The Morgan fingerprint density at radius 1 is 0.939 bits per heavy atom. The molecule has 1 aromatic carbocycles. The summed E-state index contributed by atoms with van der Waals surface area (Å²) in [5, 5.41) is 8.77. The maximum Gasteiger partial charge on any atom is 0.303 e. The van der Waals surface area contributed by atoms with E-state index in [1.54, 1.807) is 12.1 Å². The molecule has 0 unspecified atom stereocenters. The van der Waals surface area contributed by atoms with Crippen LogP contribution >= 0.6 is 0 Å². The Balaban J connectivity index is 2.58. The van der Waals surface area contributed by atoms with E-state index in [-0.39, 0.29) is 58.5 Å². The molecule has 1 aromatic rings. The van der Waals surface area contributed by atoms with E-state index in [4.69, 9.17) is 24.1 Å². The maximum absolute atomic E-state index is 12.1. The molecule has 0 radical (unpaired) electrons. The lowest BCUT2D eigenvalue weighted by molar-refractivity contribution is -0.137. The number of hydrogen-bond donors (Lipinski definition) is 1. The molecule has 10 nitrogen and oxygen atoms in total. The Labute approximate surface area is 195 Å². The van der Waals surface area contributed by atoms with Gasteiger partial charge in [0.05, 0.1) is 51.5 Å². The summed E-state index contributed by atoms with van der Waals surface area (Å²) in [6.07, 6.45) is 2.81. The van der Waals surface area contributed by atoms with Gasteiger partial charge in [-0.05, 0) is 31.9 Å². The molecule has 0 saturated heterocycles. The molecule has 0 fully saturated rings. The zero-order valence-corrected chi connectivity index (χ0v) is 20.3. The van der Waals surface area contributed by atoms with Crippen LogP contribution in [0.25, 0.3) is 0 Å². The van der Waals surface area contributed by atoms with Gasteiger partial charge in [0.1, 0.15) is 18.1 Å². The molecule has 33 heavy (non-hydrogen) atoms. The van der Waals surface area contributed by atoms with Gasteiger partial charge >= 0.3 is 5.97 Å². The predicted molar refractivity (Wildman–Crippen MR) is 121 cm³/mol. The highest BCUT2D eigenvalue weighted by atomic mass is 32.2. The maximum atomic E-state index is 12.1. The first-order valence-electron chi connectivity index (χ1n) is 10.8. The molecule has 0 bridgehead atoms. The van der Waals surface area contributed by atoms with E-state index in [0.717, 1.165) is 18.2 Å². The molecule has 0 aromatic heterocycles. The van der Waals surface area contributed by atoms with Crippen molar-refractivity contribution >= 4 is 21.9 Å². The third kappa shape index (κ3) is 12.6. The zero-order chi connectivity index (χ0) is 24.7. The van der Waals surface area contributed by atoms with E-state index in [0.29, 0.717) is 29.9 Å². The number of carboxylic acids is 1. The van der Waals surface area contributed by atoms with Crippen LogP contribution in [0.5, 0.6) is 11.5 Å². The fraction of sp³-hybridized carbons (Fsp3) is 0.636. The molecular formula is C22H34O10S. The van der Waals surface area contributed by atoms with Gasteiger partial charge in [-0.15, -0.1) is 0 Å². The van der Waals surface area contributed by atoms with Crippen molar-refractivity contribution in [3.8, 4) is 11.5 Å². The van der Waals surface area contributed by atoms with Crippen molar-refractivity contribution in [1.29, 1.82) is 0 Å². The van der Waals surface area contributed by atoms with Crippen LogP contribution in [0, 0.1) is 0 Å². The van der Waals surface area contributed by atoms with Crippen LogP contribution in [0.3, 0.4) is 0 Å². The quantitative estimate of drug-likeness (QED) is 0.175. The summed E-state index contributed by atoms with van der Waals surface area (Å²) in [6.45, 7) is 4.82. The van der Waals surface area contributed by atoms with Crippen molar-refractivity contribution in [3.63, 3.8) is 0 Å². The first-order chi connectivity index (χ1) is 15.7. The van der Waals surface area contributed by atoms with E-state index < -0.39 is 16.1 Å². The molecule has 0 saturated carbocycles. The van der Waals surface area contributed by atoms with Gasteiger partial charge in [0.15, 0.2) is 5.78 Å². The van der Waals surface area contributed by atoms with E-state index in [9.17, 15) is 18.0 Å². The molecule has 1 rings (SSSR count). The lowest BCUT2D eigenvalue weighted by atomic mass is 10.0. The third-order valence-corrected chi connectivity index (χ3v) is 4.86. The Morgan fingerprint density at radius 3 is 2.15 bits per heavy atom. The molecule has 188 valence electrons. The number of carbonyl (C=O) groups excluding carboxylic acids is 1. The number of benzene rings is 1. The van der Waals surface area contributed by atoms with Gasteiger partial charge in [0.2, 0.25) is 0 Å². The molecule has 0 heterocycles. The van der Waals surface area contributed by atoms with Gasteiger partial charge in [-0.2, -0.15) is 8.42 Å². The molecule has 0 aliphatic rings. The second-order valence-corrected chi connectivity index (χ2v) is 8.81. The van der Waals surface area contributed by atoms with Gasteiger partial charge in [-0.3, -0.25) is 13.8 Å². The topological polar surface area (TPSA) is 135 Å². The van der Waals surface area contributed by atoms with Gasteiger partial charge < -0.3 is 24.1 Å². The SMILES string of the molecule is CCCc1c(OCCCC(=O)O)ccc(C(C)=O)c1OCCOCCOCCOS(C)(=O)=O. The first kappa shape index (κ1) is 28.8. The van der Waals surface area contributed by atoms with Crippen LogP contribution in [0.2, 0.25) is 0 Å². The van der Waals surface area contributed by atoms with E-state index in [1.807, 2.05) is 6.92 Å². The first-order valence-corrected chi connectivity index (χ1v) is 12.6. The minimum Gasteiger partial charge on any atom is -0.493 e. The zero-order valence-electron chi connectivity index (χ0n) is 19.5. The second kappa shape index (κ2) is 15.6. The molecule has 0 aliphatic heterocycles. The Bertz CT molecular complexity index is 851. The van der Waals surface area contributed by atoms with E-state index >= 15 is 0 Å². The van der Waals surface area contributed by atoms with Crippen molar-refractivity contribution in [2.75, 3.05) is 52.5 Å². The highest BCUT2D eigenvalue weighted by molar-refractivity contribution is 7.85. The summed E-state index contributed by atoms with van der Waals surface area (Å²) in [4.78, 5) is 22.8. The van der Waals surface area contributed by atoms with E-state index in [2.05, 4.69) is 4.18 Å². The Morgan fingerprint density at radius 2 is 1.58 bits per heavy atom. The number of carboxylic acid groups (broad SMARTS) is 1. The number of aliphatic carboxylic acids is 1. The summed E-state index contributed by atoms with van der Waals surface area (Å²) in [5.74, 6) is 0.0205. The number of ether oxygens (including phenoxy) is 4. The average molecular weight is 491 g/mol. The minimum absolute atomic E-state index is 0.0176. The van der Waals surface area contributed by atoms with Gasteiger partial charge in [-0.25, -0.2) is 0 Å². The van der Waals surface area contributed by atoms with Crippen LogP contribution in [-0.2, 0) is 35.0 Å². The van der Waals surface area contributed by atoms with Crippen LogP contribution in [0.4, 0.5) is 0 Å².